The van der Waals surface area contributed by atoms with Crippen LogP contribution in [0.5, 0.6) is 0 Å². The summed E-state index contributed by atoms with van der Waals surface area (Å²) in [4.78, 5) is 15.0. The Morgan fingerprint density at radius 2 is 2.21 bits per heavy atom. The summed E-state index contributed by atoms with van der Waals surface area (Å²) in [6, 6.07) is 5.32. The highest BCUT2D eigenvalue weighted by molar-refractivity contribution is 5.71. The van der Waals surface area contributed by atoms with Gasteiger partial charge in [0, 0.05) is 17.5 Å². The molecule has 96 valence electrons. The summed E-state index contributed by atoms with van der Waals surface area (Å²) < 4.78 is 1.59. The number of carbonyl (C=O) groups is 1. The number of aryl methyl sites for hydroxylation is 1. The highest BCUT2D eigenvalue weighted by atomic mass is 16.4. The summed E-state index contributed by atoms with van der Waals surface area (Å²) in [5.41, 5.74) is 2.58. The molecule has 2 aromatic rings. The van der Waals surface area contributed by atoms with E-state index in [1.54, 1.807) is 30.7 Å². The SMILES string of the molecule is Cc1nn(-c2ccc(C#N)cn2)c(C)c1CC(=O)O. The Hall–Kier alpha value is -2.68. The molecular formula is C13H12N4O2. The van der Waals surface area contributed by atoms with Crippen LogP contribution in [0.2, 0.25) is 0 Å². The van der Waals surface area contributed by atoms with E-state index in [-0.39, 0.29) is 6.42 Å². The van der Waals surface area contributed by atoms with Gasteiger partial charge in [0.1, 0.15) is 6.07 Å². The fourth-order valence-electron chi connectivity index (χ4n) is 1.88. The second kappa shape index (κ2) is 4.90. The molecule has 0 saturated carbocycles. The number of aliphatic carboxylic acids is 1. The van der Waals surface area contributed by atoms with E-state index >= 15 is 0 Å². The van der Waals surface area contributed by atoms with Crippen LogP contribution >= 0.6 is 0 Å². The van der Waals surface area contributed by atoms with Gasteiger partial charge in [0.2, 0.25) is 0 Å². The fraction of sp³-hybridized carbons (Fsp3) is 0.231. The average molecular weight is 256 g/mol. The molecule has 0 amide bonds. The van der Waals surface area contributed by atoms with Crippen LogP contribution in [0.4, 0.5) is 0 Å². The topological polar surface area (TPSA) is 91.8 Å². The quantitative estimate of drug-likeness (QED) is 0.895. The monoisotopic (exact) mass is 256 g/mol. The normalized spacial score (nSPS) is 10.2. The third-order valence-corrected chi connectivity index (χ3v) is 2.86. The largest absolute Gasteiger partial charge is 0.481 e. The van der Waals surface area contributed by atoms with Crippen LogP contribution in [0.15, 0.2) is 18.3 Å². The first-order chi connectivity index (χ1) is 9.02. The fourth-order valence-corrected chi connectivity index (χ4v) is 1.88. The minimum absolute atomic E-state index is 0.0616. The molecule has 0 radical (unpaired) electrons. The maximum Gasteiger partial charge on any atom is 0.307 e. The zero-order valence-electron chi connectivity index (χ0n) is 10.6. The lowest BCUT2D eigenvalue weighted by atomic mass is 10.1. The molecule has 0 aliphatic heterocycles. The number of carboxylic acid groups (broad SMARTS) is 1. The molecule has 2 heterocycles. The Balaban J connectivity index is 2.45. The van der Waals surface area contributed by atoms with Gasteiger partial charge in [0.05, 0.1) is 17.7 Å². The van der Waals surface area contributed by atoms with Gasteiger partial charge in [0.25, 0.3) is 0 Å². The van der Waals surface area contributed by atoms with Gasteiger partial charge < -0.3 is 5.11 Å². The number of aromatic nitrogens is 3. The van der Waals surface area contributed by atoms with E-state index in [9.17, 15) is 4.79 Å². The van der Waals surface area contributed by atoms with Crippen molar-refractivity contribution in [2.24, 2.45) is 0 Å². The summed E-state index contributed by atoms with van der Waals surface area (Å²) in [6.45, 7) is 3.57. The van der Waals surface area contributed by atoms with Crippen molar-refractivity contribution in [2.45, 2.75) is 20.3 Å². The number of hydrogen-bond acceptors (Lipinski definition) is 4. The van der Waals surface area contributed by atoms with Crippen LogP contribution in [-0.2, 0) is 11.2 Å². The Bertz CT molecular complexity index is 665. The van der Waals surface area contributed by atoms with Crippen LogP contribution in [0.25, 0.3) is 5.82 Å². The van der Waals surface area contributed by atoms with Crippen molar-refractivity contribution in [3.63, 3.8) is 0 Å². The molecule has 6 heteroatoms. The van der Waals surface area contributed by atoms with Gasteiger partial charge in [-0.1, -0.05) is 0 Å². The summed E-state index contributed by atoms with van der Waals surface area (Å²) in [5, 5.41) is 21.9. The summed E-state index contributed by atoms with van der Waals surface area (Å²) in [7, 11) is 0. The molecule has 0 spiro atoms. The number of hydrogen-bond donors (Lipinski definition) is 1. The van der Waals surface area contributed by atoms with Gasteiger partial charge in [-0.3, -0.25) is 4.79 Å². The summed E-state index contributed by atoms with van der Waals surface area (Å²) in [5.74, 6) is -0.324. The molecule has 6 nitrogen and oxygen atoms in total. The minimum Gasteiger partial charge on any atom is -0.481 e. The molecule has 0 saturated heterocycles. The van der Waals surface area contributed by atoms with Crippen molar-refractivity contribution in [1.29, 1.82) is 5.26 Å². The van der Waals surface area contributed by atoms with Gasteiger partial charge >= 0.3 is 5.97 Å². The first-order valence-corrected chi connectivity index (χ1v) is 5.66. The molecule has 1 N–H and O–H groups in total. The molecule has 2 rings (SSSR count). The molecule has 0 bridgehead atoms. The predicted octanol–water partition coefficient (Wildman–Crippen LogP) is 1.38. The summed E-state index contributed by atoms with van der Waals surface area (Å²) in [6.07, 6.45) is 1.40. The standard InChI is InChI=1S/C13H12N4O2/c1-8-11(5-13(18)19)9(2)17(16-8)12-4-3-10(6-14)7-15-12/h3-4,7H,5H2,1-2H3,(H,18,19). The van der Waals surface area contributed by atoms with Gasteiger partial charge in [-0.05, 0) is 26.0 Å². The lowest BCUT2D eigenvalue weighted by Gasteiger charge is -2.03. The lowest BCUT2D eigenvalue weighted by molar-refractivity contribution is -0.136. The van der Waals surface area contributed by atoms with Crippen LogP contribution < -0.4 is 0 Å². The van der Waals surface area contributed by atoms with Gasteiger partial charge in [-0.2, -0.15) is 10.4 Å². The number of nitriles is 1. The maximum atomic E-state index is 10.8. The Morgan fingerprint density at radius 3 is 2.74 bits per heavy atom. The van der Waals surface area contributed by atoms with Crippen molar-refractivity contribution >= 4 is 5.97 Å². The second-order valence-electron chi connectivity index (χ2n) is 4.15. The van der Waals surface area contributed by atoms with E-state index < -0.39 is 5.97 Å². The lowest BCUT2D eigenvalue weighted by Crippen LogP contribution is -2.04. The maximum absolute atomic E-state index is 10.8. The minimum atomic E-state index is -0.890. The van der Waals surface area contributed by atoms with Crippen LogP contribution in [0.3, 0.4) is 0 Å². The van der Waals surface area contributed by atoms with Crippen LogP contribution in [0, 0.1) is 25.2 Å². The molecule has 2 aromatic heterocycles. The van der Waals surface area contributed by atoms with Crippen molar-refractivity contribution < 1.29 is 9.90 Å². The molecule has 0 unspecified atom stereocenters. The van der Waals surface area contributed by atoms with Crippen molar-refractivity contribution in [2.75, 3.05) is 0 Å². The van der Waals surface area contributed by atoms with Gasteiger partial charge in [-0.15, -0.1) is 0 Å². The van der Waals surface area contributed by atoms with E-state index in [1.807, 2.05) is 6.07 Å². The zero-order chi connectivity index (χ0) is 14.0. The predicted molar refractivity (Wildman–Crippen MR) is 66.9 cm³/mol. The summed E-state index contributed by atoms with van der Waals surface area (Å²) >= 11 is 0. The van der Waals surface area contributed by atoms with Crippen LogP contribution in [0.1, 0.15) is 22.5 Å². The second-order valence-corrected chi connectivity index (χ2v) is 4.15. The third-order valence-electron chi connectivity index (χ3n) is 2.86. The van der Waals surface area contributed by atoms with Crippen molar-refractivity contribution in [3.05, 3.63) is 40.8 Å². The molecule has 0 aromatic carbocycles. The van der Waals surface area contributed by atoms with Crippen molar-refractivity contribution in [1.82, 2.24) is 14.8 Å². The Morgan fingerprint density at radius 1 is 1.47 bits per heavy atom. The highest BCUT2D eigenvalue weighted by Gasteiger charge is 2.15. The Labute approximate surface area is 109 Å². The van der Waals surface area contributed by atoms with E-state index in [4.69, 9.17) is 10.4 Å². The average Bonchev–Trinajstić information content (AvgIpc) is 2.66. The van der Waals surface area contributed by atoms with E-state index in [0.717, 1.165) is 5.69 Å². The smallest absolute Gasteiger partial charge is 0.307 e. The number of pyridine rings is 1. The first-order valence-electron chi connectivity index (χ1n) is 5.66. The third kappa shape index (κ3) is 2.45. The molecule has 0 aliphatic rings. The molecular weight excluding hydrogens is 244 g/mol. The molecule has 0 fully saturated rings. The van der Waals surface area contributed by atoms with Crippen molar-refractivity contribution in [3.8, 4) is 11.9 Å². The molecule has 0 aliphatic carbocycles. The zero-order valence-corrected chi connectivity index (χ0v) is 10.6. The van der Waals surface area contributed by atoms with Gasteiger partial charge in [0.15, 0.2) is 5.82 Å². The first kappa shape index (κ1) is 12.8. The number of rotatable bonds is 3. The molecule has 19 heavy (non-hydrogen) atoms. The van der Waals surface area contributed by atoms with E-state index in [2.05, 4.69) is 10.1 Å². The van der Waals surface area contributed by atoms with E-state index in [1.165, 1.54) is 6.20 Å². The number of nitrogens with zero attached hydrogens (tertiary/aromatic N) is 4. The van der Waals surface area contributed by atoms with Gasteiger partial charge in [-0.25, -0.2) is 9.67 Å². The van der Waals surface area contributed by atoms with E-state index in [0.29, 0.717) is 22.6 Å². The highest BCUT2D eigenvalue weighted by Crippen LogP contribution is 2.17. The van der Waals surface area contributed by atoms with Crippen LogP contribution in [-0.4, -0.2) is 25.8 Å². The number of carboxylic acids is 1. The molecule has 0 atom stereocenters. The Kier molecular flexibility index (Phi) is 3.29.